The molecule has 158 valence electrons. The van der Waals surface area contributed by atoms with E-state index in [0.717, 1.165) is 9.79 Å². The molecule has 0 bridgehead atoms. The Morgan fingerprint density at radius 2 is 1.74 bits per heavy atom. The van der Waals surface area contributed by atoms with Crippen LogP contribution in [0.2, 0.25) is 5.02 Å². The van der Waals surface area contributed by atoms with Crippen molar-refractivity contribution in [3.8, 4) is 5.75 Å². The van der Waals surface area contributed by atoms with E-state index in [1.54, 1.807) is 30.3 Å². The van der Waals surface area contributed by atoms with E-state index < -0.39 is 16.8 Å². The van der Waals surface area contributed by atoms with E-state index in [-0.39, 0.29) is 27.6 Å². The van der Waals surface area contributed by atoms with Crippen LogP contribution in [0.3, 0.4) is 0 Å². The number of rotatable bonds is 7. The molecule has 0 aliphatic heterocycles. The molecule has 0 unspecified atom stereocenters. The second kappa shape index (κ2) is 9.50. The summed E-state index contributed by atoms with van der Waals surface area (Å²) in [4.78, 5) is 35.5. The van der Waals surface area contributed by atoms with Crippen LogP contribution in [0.1, 0.15) is 20.7 Å². The molecular formula is C21H15ClN2O6S. The van der Waals surface area contributed by atoms with Crippen molar-refractivity contribution in [2.45, 2.75) is 9.79 Å². The summed E-state index contributed by atoms with van der Waals surface area (Å²) in [5.74, 6) is -1.40. The minimum atomic E-state index is -1.11. The first-order valence-corrected chi connectivity index (χ1v) is 9.92. The van der Waals surface area contributed by atoms with Gasteiger partial charge in [0.25, 0.3) is 11.6 Å². The summed E-state index contributed by atoms with van der Waals surface area (Å²) in [7, 11) is 1.37. The number of carboxylic acid groups (broad SMARTS) is 1. The van der Waals surface area contributed by atoms with Gasteiger partial charge in [-0.2, -0.15) is 0 Å². The first kappa shape index (κ1) is 22.1. The maximum absolute atomic E-state index is 12.7. The number of ether oxygens (including phenoxy) is 1. The smallest absolute Gasteiger partial charge is 0.335 e. The minimum Gasteiger partial charge on any atom is -0.495 e. The molecule has 0 spiro atoms. The Morgan fingerprint density at radius 3 is 2.32 bits per heavy atom. The lowest BCUT2D eigenvalue weighted by molar-refractivity contribution is -0.384. The molecule has 3 rings (SSSR count). The van der Waals surface area contributed by atoms with Gasteiger partial charge in [0.05, 0.1) is 33.9 Å². The highest BCUT2D eigenvalue weighted by molar-refractivity contribution is 7.99. The second-order valence-electron chi connectivity index (χ2n) is 6.17. The van der Waals surface area contributed by atoms with Gasteiger partial charge >= 0.3 is 5.97 Å². The zero-order valence-electron chi connectivity index (χ0n) is 16.0. The highest BCUT2D eigenvalue weighted by atomic mass is 35.5. The number of methoxy groups -OCH3 is 1. The van der Waals surface area contributed by atoms with E-state index in [1.807, 2.05) is 0 Å². The predicted molar refractivity (Wildman–Crippen MR) is 117 cm³/mol. The number of nitro benzene ring substituents is 1. The van der Waals surface area contributed by atoms with Crippen LogP contribution in [0.15, 0.2) is 70.5 Å². The predicted octanol–water partition coefficient (Wildman–Crippen LogP) is 5.36. The molecule has 0 radical (unpaired) electrons. The molecule has 2 N–H and O–H groups in total. The number of non-ortho nitro benzene ring substituents is 1. The number of anilines is 1. The van der Waals surface area contributed by atoms with Gasteiger partial charge in [-0.3, -0.25) is 14.9 Å². The van der Waals surface area contributed by atoms with Crippen LogP contribution in [0.5, 0.6) is 5.75 Å². The fourth-order valence-corrected chi connectivity index (χ4v) is 3.82. The first-order valence-electron chi connectivity index (χ1n) is 8.73. The number of nitrogens with zero attached hydrogens (tertiary/aromatic N) is 1. The zero-order valence-corrected chi connectivity index (χ0v) is 17.6. The number of nitro groups is 1. The van der Waals surface area contributed by atoms with Gasteiger partial charge in [0.1, 0.15) is 5.75 Å². The van der Waals surface area contributed by atoms with E-state index in [9.17, 15) is 19.7 Å². The largest absolute Gasteiger partial charge is 0.495 e. The van der Waals surface area contributed by atoms with Crippen molar-refractivity contribution in [2.24, 2.45) is 0 Å². The molecule has 0 aromatic heterocycles. The molecular weight excluding hydrogens is 444 g/mol. The van der Waals surface area contributed by atoms with Crippen molar-refractivity contribution in [3.05, 3.63) is 86.9 Å². The lowest BCUT2D eigenvalue weighted by Gasteiger charge is -2.12. The zero-order chi connectivity index (χ0) is 22.5. The van der Waals surface area contributed by atoms with E-state index in [1.165, 1.54) is 49.2 Å². The molecule has 0 atom stereocenters. The van der Waals surface area contributed by atoms with Gasteiger partial charge in [-0.1, -0.05) is 23.4 Å². The van der Waals surface area contributed by atoms with Crippen LogP contribution in [-0.2, 0) is 0 Å². The molecule has 31 heavy (non-hydrogen) atoms. The average Bonchev–Trinajstić information content (AvgIpc) is 2.74. The number of hydrogen-bond acceptors (Lipinski definition) is 6. The SMILES string of the molecule is COc1cc(C(=O)O)ccc1NC(=O)c1ccc(Sc2ccc([N+](=O)[O-])cc2)cc1Cl. The number of hydrogen-bond donors (Lipinski definition) is 2. The third-order valence-corrected chi connectivity index (χ3v) is 5.48. The van der Waals surface area contributed by atoms with Gasteiger partial charge in [-0.05, 0) is 48.5 Å². The quantitative estimate of drug-likeness (QED) is 0.361. The van der Waals surface area contributed by atoms with Crippen LogP contribution >= 0.6 is 23.4 Å². The van der Waals surface area contributed by atoms with Crippen LogP contribution in [0, 0.1) is 10.1 Å². The number of amides is 1. The molecule has 0 aliphatic carbocycles. The Balaban J connectivity index is 1.76. The molecule has 0 heterocycles. The van der Waals surface area contributed by atoms with Gasteiger partial charge in [0, 0.05) is 21.9 Å². The van der Waals surface area contributed by atoms with Gasteiger partial charge in [0.2, 0.25) is 0 Å². The standard InChI is InChI=1S/C21H15ClN2O6S/c1-30-19-10-12(21(26)27)2-9-18(19)23-20(25)16-8-7-15(11-17(16)22)31-14-5-3-13(4-6-14)24(28)29/h2-11H,1H3,(H,23,25)(H,26,27). The lowest BCUT2D eigenvalue weighted by Crippen LogP contribution is -2.13. The number of carboxylic acids is 1. The molecule has 0 fully saturated rings. The van der Waals surface area contributed by atoms with Crippen molar-refractivity contribution in [2.75, 3.05) is 12.4 Å². The van der Waals surface area contributed by atoms with E-state index >= 15 is 0 Å². The second-order valence-corrected chi connectivity index (χ2v) is 7.72. The molecule has 0 saturated heterocycles. The van der Waals surface area contributed by atoms with Crippen LogP contribution in [0.25, 0.3) is 0 Å². The fourth-order valence-electron chi connectivity index (χ4n) is 2.63. The normalized spacial score (nSPS) is 10.4. The number of carbonyl (C=O) groups is 2. The number of nitrogens with one attached hydrogen (secondary N) is 1. The van der Waals surface area contributed by atoms with Crippen molar-refractivity contribution >= 4 is 46.6 Å². The van der Waals surface area contributed by atoms with Gasteiger partial charge in [-0.15, -0.1) is 0 Å². The van der Waals surface area contributed by atoms with Crippen molar-refractivity contribution in [1.82, 2.24) is 0 Å². The summed E-state index contributed by atoms with van der Waals surface area (Å²) in [6, 6.07) is 15.1. The molecule has 0 aliphatic rings. The third-order valence-electron chi connectivity index (χ3n) is 4.17. The topological polar surface area (TPSA) is 119 Å². The van der Waals surface area contributed by atoms with Gasteiger partial charge in [-0.25, -0.2) is 4.79 Å². The molecule has 8 nitrogen and oxygen atoms in total. The molecule has 3 aromatic carbocycles. The molecule has 10 heteroatoms. The third kappa shape index (κ3) is 5.33. The minimum absolute atomic E-state index is 0.00113. The monoisotopic (exact) mass is 458 g/mol. The lowest BCUT2D eigenvalue weighted by atomic mass is 10.1. The molecule has 3 aromatic rings. The van der Waals surface area contributed by atoms with Crippen molar-refractivity contribution in [3.63, 3.8) is 0 Å². The molecule has 1 amide bonds. The Kier molecular flexibility index (Phi) is 6.78. The summed E-state index contributed by atoms with van der Waals surface area (Å²) in [5, 5.41) is 22.7. The van der Waals surface area contributed by atoms with E-state index in [4.69, 9.17) is 21.4 Å². The summed E-state index contributed by atoms with van der Waals surface area (Å²) in [6.07, 6.45) is 0. The van der Waals surface area contributed by atoms with E-state index in [0.29, 0.717) is 5.69 Å². The van der Waals surface area contributed by atoms with Crippen LogP contribution in [-0.4, -0.2) is 29.0 Å². The number of halogens is 1. The van der Waals surface area contributed by atoms with Crippen LogP contribution < -0.4 is 10.1 Å². The van der Waals surface area contributed by atoms with Gasteiger partial charge in [0.15, 0.2) is 0 Å². The average molecular weight is 459 g/mol. The Labute approximate surface area is 186 Å². The summed E-state index contributed by atoms with van der Waals surface area (Å²) in [5.41, 5.74) is 0.554. The maximum atomic E-state index is 12.7. The van der Waals surface area contributed by atoms with E-state index in [2.05, 4.69) is 5.32 Å². The Hall–Kier alpha value is -3.56. The Bertz CT molecular complexity index is 1170. The molecule has 0 saturated carbocycles. The Morgan fingerprint density at radius 1 is 1.06 bits per heavy atom. The summed E-state index contributed by atoms with van der Waals surface area (Å²) >= 11 is 7.63. The van der Waals surface area contributed by atoms with Crippen molar-refractivity contribution in [1.29, 1.82) is 0 Å². The van der Waals surface area contributed by atoms with Crippen LogP contribution in [0.4, 0.5) is 11.4 Å². The maximum Gasteiger partial charge on any atom is 0.335 e. The highest BCUT2D eigenvalue weighted by Gasteiger charge is 2.16. The number of aromatic carboxylic acids is 1. The summed E-state index contributed by atoms with van der Waals surface area (Å²) < 4.78 is 5.16. The number of benzene rings is 3. The summed E-state index contributed by atoms with van der Waals surface area (Å²) in [6.45, 7) is 0. The fraction of sp³-hybridized carbons (Fsp3) is 0.0476. The number of carbonyl (C=O) groups excluding carboxylic acids is 1. The van der Waals surface area contributed by atoms with Crippen molar-refractivity contribution < 1.29 is 24.4 Å². The van der Waals surface area contributed by atoms with Gasteiger partial charge < -0.3 is 15.2 Å². The highest BCUT2D eigenvalue weighted by Crippen LogP contribution is 2.33. The first-order chi connectivity index (χ1) is 14.8.